The molecule has 0 aliphatic carbocycles. The summed E-state index contributed by atoms with van der Waals surface area (Å²) in [5.74, 6) is -1.33. The zero-order valence-corrected chi connectivity index (χ0v) is 12.4. The van der Waals surface area contributed by atoms with Crippen molar-refractivity contribution in [2.45, 2.75) is 32.0 Å². The molecule has 1 aliphatic rings. The third kappa shape index (κ3) is 3.98. The number of halogens is 4. The van der Waals surface area contributed by atoms with Crippen LogP contribution in [0.1, 0.15) is 30.1 Å². The minimum Gasteiger partial charge on any atom is -0.293 e. The minimum atomic E-state index is -4.13. The molecular weight excluding hydrogens is 303 g/mol. The number of likely N-dealkylation sites (tertiary alicyclic amines) is 1. The molecule has 0 amide bonds. The van der Waals surface area contributed by atoms with E-state index >= 15 is 0 Å². The van der Waals surface area contributed by atoms with E-state index in [1.54, 1.807) is 31.2 Å². The molecule has 1 aromatic rings. The average Bonchev–Trinajstić information content (AvgIpc) is 2.46. The fourth-order valence-electron chi connectivity index (χ4n) is 2.64. The summed E-state index contributed by atoms with van der Waals surface area (Å²) in [7, 11) is 0. The van der Waals surface area contributed by atoms with Crippen molar-refractivity contribution in [3.05, 3.63) is 34.9 Å². The van der Waals surface area contributed by atoms with E-state index in [4.69, 9.17) is 11.6 Å². The molecule has 1 heterocycles. The predicted molar refractivity (Wildman–Crippen MR) is 75.6 cm³/mol. The number of benzene rings is 1. The van der Waals surface area contributed by atoms with Crippen LogP contribution < -0.4 is 0 Å². The summed E-state index contributed by atoms with van der Waals surface area (Å²) < 4.78 is 37.9. The van der Waals surface area contributed by atoms with Crippen LogP contribution in [0.5, 0.6) is 0 Å². The van der Waals surface area contributed by atoms with E-state index in [0.29, 0.717) is 23.7 Å². The molecule has 1 aliphatic heterocycles. The number of ketones is 1. The predicted octanol–water partition coefficient (Wildman–Crippen LogP) is 4.19. The van der Waals surface area contributed by atoms with Crippen LogP contribution >= 0.6 is 11.6 Å². The van der Waals surface area contributed by atoms with Gasteiger partial charge in [0.1, 0.15) is 0 Å². The van der Waals surface area contributed by atoms with Gasteiger partial charge in [-0.1, -0.05) is 11.6 Å². The van der Waals surface area contributed by atoms with Crippen molar-refractivity contribution >= 4 is 17.4 Å². The second kappa shape index (κ2) is 6.36. The molecule has 116 valence electrons. The topological polar surface area (TPSA) is 20.3 Å². The van der Waals surface area contributed by atoms with Crippen LogP contribution in [0.2, 0.25) is 5.02 Å². The molecule has 2 rings (SSSR count). The first-order valence-corrected chi connectivity index (χ1v) is 7.27. The molecule has 0 radical (unpaired) electrons. The summed E-state index contributed by atoms with van der Waals surface area (Å²) in [6.45, 7) is 2.33. The Kier molecular flexibility index (Phi) is 4.94. The molecule has 1 saturated heterocycles. The summed E-state index contributed by atoms with van der Waals surface area (Å²) in [6.07, 6.45) is -4.01. The molecule has 0 bridgehead atoms. The number of nitrogens with zero attached hydrogens (tertiary/aromatic N) is 1. The van der Waals surface area contributed by atoms with Crippen molar-refractivity contribution in [1.29, 1.82) is 0 Å². The number of carbonyl (C=O) groups is 1. The van der Waals surface area contributed by atoms with Gasteiger partial charge in [-0.2, -0.15) is 13.2 Å². The van der Waals surface area contributed by atoms with Crippen molar-refractivity contribution < 1.29 is 18.0 Å². The number of Topliss-reactive ketones (excluding diaryl/α,β-unsaturated/α-hetero) is 1. The maximum absolute atomic E-state index is 12.6. The Hall–Kier alpha value is -1.07. The maximum atomic E-state index is 12.6. The third-order valence-electron chi connectivity index (χ3n) is 4.05. The van der Waals surface area contributed by atoms with E-state index in [2.05, 4.69) is 0 Å². The number of carbonyl (C=O) groups excluding carboxylic acids is 1. The zero-order valence-electron chi connectivity index (χ0n) is 11.7. The molecule has 1 atom stereocenters. The van der Waals surface area contributed by atoms with Crippen LogP contribution in [-0.4, -0.2) is 36.0 Å². The highest BCUT2D eigenvalue weighted by Gasteiger charge is 2.42. The van der Waals surface area contributed by atoms with E-state index in [1.807, 2.05) is 4.90 Å². The fourth-order valence-corrected chi connectivity index (χ4v) is 2.76. The van der Waals surface area contributed by atoms with E-state index in [1.165, 1.54) is 0 Å². The first-order chi connectivity index (χ1) is 9.79. The van der Waals surface area contributed by atoms with Gasteiger partial charge in [-0.05, 0) is 57.1 Å². The van der Waals surface area contributed by atoms with Gasteiger partial charge in [0, 0.05) is 10.6 Å². The van der Waals surface area contributed by atoms with Gasteiger partial charge in [-0.25, -0.2) is 0 Å². The van der Waals surface area contributed by atoms with Crippen molar-refractivity contribution in [1.82, 2.24) is 4.90 Å². The van der Waals surface area contributed by atoms with Crippen molar-refractivity contribution in [3.63, 3.8) is 0 Å². The van der Waals surface area contributed by atoms with E-state index in [9.17, 15) is 18.0 Å². The Labute approximate surface area is 126 Å². The molecule has 1 aromatic carbocycles. The summed E-state index contributed by atoms with van der Waals surface area (Å²) in [4.78, 5) is 14.1. The first-order valence-electron chi connectivity index (χ1n) is 6.89. The van der Waals surface area contributed by atoms with Gasteiger partial charge in [-0.3, -0.25) is 9.69 Å². The smallest absolute Gasteiger partial charge is 0.293 e. The fraction of sp³-hybridized carbons (Fsp3) is 0.533. The van der Waals surface area contributed by atoms with Gasteiger partial charge in [0.25, 0.3) is 0 Å². The number of rotatable bonds is 3. The van der Waals surface area contributed by atoms with Crippen LogP contribution in [0, 0.1) is 5.92 Å². The quantitative estimate of drug-likeness (QED) is 0.779. The molecule has 0 saturated carbocycles. The monoisotopic (exact) mass is 319 g/mol. The highest BCUT2D eigenvalue weighted by atomic mass is 35.5. The van der Waals surface area contributed by atoms with E-state index in [-0.39, 0.29) is 18.6 Å². The van der Waals surface area contributed by atoms with Crippen molar-refractivity contribution in [2.75, 3.05) is 13.1 Å². The second-order valence-corrected chi connectivity index (χ2v) is 5.84. The molecular formula is C15H17ClF3NO. The van der Waals surface area contributed by atoms with Crippen molar-refractivity contribution in [2.24, 2.45) is 5.92 Å². The lowest BCUT2D eigenvalue weighted by atomic mass is 9.94. The molecule has 1 unspecified atom stereocenters. The lowest BCUT2D eigenvalue weighted by Gasteiger charge is -2.36. The van der Waals surface area contributed by atoms with Crippen molar-refractivity contribution in [3.8, 4) is 0 Å². The second-order valence-electron chi connectivity index (χ2n) is 5.40. The Morgan fingerprint density at radius 1 is 1.24 bits per heavy atom. The van der Waals surface area contributed by atoms with Gasteiger partial charge >= 0.3 is 6.18 Å². The van der Waals surface area contributed by atoms with Crippen LogP contribution in [0.25, 0.3) is 0 Å². The molecule has 21 heavy (non-hydrogen) atoms. The van der Waals surface area contributed by atoms with Gasteiger partial charge in [0.05, 0.1) is 12.0 Å². The highest BCUT2D eigenvalue weighted by molar-refractivity contribution is 6.30. The van der Waals surface area contributed by atoms with E-state index < -0.39 is 18.1 Å². The normalized spacial score (nSPS) is 19.5. The van der Waals surface area contributed by atoms with Crippen LogP contribution in [0.4, 0.5) is 13.2 Å². The first kappa shape index (κ1) is 16.3. The Morgan fingerprint density at radius 3 is 2.24 bits per heavy atom. The number of hydrogen-bond acceptors (Lipinski definition) is 2. The van der Waals surface area contributed by atoms with Crippen LogP contribution in [-0.2, 0) is 0 Å². The lowest BCUT2D eigenvalue weighted by molar-refractivity contribution is -0.185. The number of hydrogen-bond donors (Lipinski definition) is 0. The Balaban J connectivity index is 1.97. The molecule has 0 aromatic heterocycles. The minimum absolute atomic E-state index is 0.0573. The van der Waals surface area contributed by atoms with Gasteiger partial charge in [0.15, 0.2) is 5.78 Å². The molecule has 2 nitrogen and oxygen atoms in total. The maximum Gasteiger partial charge on any atom is 0.391 e. The third-order valence-corrected chi connectivity index (χ3v) is 4.30. The van der Waals surface area contributed by atoms with Gasteiger partial charge in [-0.15, -0.1) is 0 Å². The zero-order chi connectivity index (χ0) is 15.6. The molecule has 1 fully saturated rings. The van der Waals surface area contributed by atoms with Gasteiger partial charge in [0.2, 0.25) is 0 Å². The van der Waals surface area contributed by atoms with Gasteiger partial charge < -0.3 is 0 Å². The Bertz CT molecular complexity index is 493. The molecule has 0 N–H and O–H groups in total. The molecule has 6 heteroatoms. The summed E-state index contributed by atoms with van der Waals surface area (Å²) in [5, 5.41) is 0.546. The Morgan fingerprint density at radius 2 is 1.76 bits per heavy atom. The largest absolute Gasteiger partial charge is 0.391 e. The van der Waals surface area contributed by atoms with Crippen LogP contribution in [0.3, 0.4) is 0 Å². The summed E-state index contributed by atoms with van der Waals surface area (Å²) in [5.41, 5.74) is 0.532. The SMILES string of the molecule is CC(C(=O)c1ccc(Cl)cc1)N1CCC(C(F)(F)F)CC1. The summed E-state index contributed by atoms with van der Waals surface area (Å²) >= 11 is 5.78. The van der Waals surface area contributed by atoms with Crippen LogP contribution in [0.15, 0.2) is 24.3 Å². The number of alkyl halides is 3. The molecule has 0 spiro atoms. The standard InChI is InChI=1S/C15H17ClF3NO/c1-10(14(21)11-2-4-13(16)5-3-11)20-8-6-12(7-9-20)15(17,18)19/h2-5,10,12H,6-9H2,1H3. The summed E-state index contributed by atoms with van der Waals surface area (Å²) in [6, 6.07) is 6.14. The van der Waals surface area contributed by atoms with E-state index in [0.717, 1.165) is 0 Å². The average molecular weight is 320 g/mol. The highest BCUT2D eigenvalue weighted by Crippen LogP contribution is 2.34. The number of piperidine rings is 1. The lowest BCUT2D eigenvalue weighted by Crippen LogP contribution is -2.46.